The van der Waals surface area contributed by atoms with Gasteiger partial charge in [-0.25, -0.2) is 0 Å². The molecule has 0 fully saturated rings. The van der Waals surface area contributed by atoms with Crippen molar-refractivity contribution in [2.45, 2.75) is 45.4 Å². The third kappa shape index (κ3) is 11.4. The number of rotatable bonds is 6. The Hall–Kier alpha value is 0.583. The monoisotopic (exact) mass is 193 g/mol. The summed E-state index contributed by atoms with van der Waals surface area (Å²) >= 11 is 0. The number of nitrogens with two attached hydrogens (primary N) is 1. The van der Waals surface area contributed by atoms with Crippen molar-refractivity contribution in [3.63, 3.8) is 0 Å². The SMILES string of the molecule is CCCCCCCCN.[Zn]. The van der Waals surface area contributed by atoms with Crippen LogP contribution in [0.1, 0.15) is 45.4 Å². The average molecular weight is 195 g/mol. The van der Waals surface area contributed by atoms with Crippen LogP contribution < -0.4 is 5.73 Å². The Morgan fingerprint density at radius 2 is 1.40 bits per heavy atom. The van der Waals surface area contributed by atoms with Crippen LogP contribution in [0.5, 0.6) is 0 Å². The van der Waals surface area contributed by atoms with Gasteiger partial charge in [0, 0.05) is 19.5 Å². The van der Waals surface area contributed by atoms with Gasteiger partial charge in [0.25, 0.3) is 0 Å². The summed E-state index contributed by atoms with van der Waals surface area (Å²) in [6.07, 6.45) is 8.05. The molecule has 0 bridgehead atoms. The van der Waals surface area contributed by atoms with Crippen LogP contribution in [0.4, 0.5) is 0 Å². The average Bonchev–Trinajstić information content (AvgIpc) is 1.89. The summed E-state index contributed by atoms with van der Waals surface area (Å²) in [5.41, 5.74) is 5.34. The molecule has 2 heteroatoms. The quantitative estimate of drug-likeness (QED) is 0.510. The third-order valence-corrected chi connectivity index (χ3v) is 1.56. The maximum absolute atomic E-state index is 5.34. The molecule has 0 aromatic heterocycles. The van der Waals surface area contributed by atoms with Crippen molar-refractivity contribution in [1.29, 1.82) is 0 Å². The zero-order valence-corrected chi connectivity index (χ0v) is 10.2. The van der Waals surface area contributed by atoms with E-state index in [0.29, 0.717) is 0 Å². The molecule has 0 aliphatic carbocycles. The molecule has 0 aliphatic rings. The van der Waals surface area contributed by atoms with Crippen LogP contribution in [0.2, 0.25) is 0 Å². The molecule has 1 nitrogen and oxygen atoms in total. The van der Waals surface area contributed by atoms with Crippen molar-refractivity contribution in [3.8, 4) is 0 Å². The van der Waals surface area contributed by atoms with E-state index in [1.807, 2.05) is 0 Å². The van der Waals surface area contributed by atoms with E-state index in [9.17, 15) is 0 Å². The molecule has 58 valence electrons. The fourth-order valence-electron chi connectivity index (χ4n) is 0.925. The third-order valence-electron chi connectivity index (χ3n) is 1.56. The Bertz CT molecular complexity index is 42.5. The summed E-state index contributed by atoms with van der Waals surface area (Å²) in [6, 6.07) is 0. The zero-order chi connectivity index (χ0) is 6.95. The zero-order valence-electron chi connectivity index (χ0n) is 7.23. The Morgan fingerprint density at radius 3 is 1.90 bits per heavy atom. The Labute approximate surface area is 77.5 Å². The first-order valence-electron chi connectivity index (χ1n) is 4.12. The largest absolute Gasteiger partial charge is 0.330 e. The molecular weight excluding hydrogens is 175 g/mol. The molecule has 0 atom stereocenters. The van der Waals surface area contributed by atoms with Crippen molar-refractivity contribution < 1.29 is 19.5 Å². The molecular formula is C8H19NZn. The summed E-state index contributed by atoms with van der Waals surface area (Å²) in [6.45, 7) is 3.11. The van der Waals surface area contributed by atoms with E-state index < -0.39 is 0 Å². The second-order valence-corrected chi connectivity index (χ2v) is 2.56. The van der Waals surface area contributed by atoms with Gasteiger partial charge in [0.15, 0.2) is 0 Å². The summed E-state index contributed by atoms with van der Waals surface area (Å²) in [5.74, 6) is 0. The normalized spacial score (nSPS) is 9.00. The van der Waals surface area contributed by atoms with Crippen molar-refractivity contribution in [3.05, 3.63) is 0 Å². The van der Waals surface area contributed by atoms with Crippen molar-refractivity contribution in [1.82, 2.24) is 0 Å². The van der Waals surface area contributed by atoms with Gasteiger partial charge in [-0.3, -0.25) is 0 Å². The van der Waals surface area contributed by atoms with Crippen LogP contribution in [0.3, 0.4) is 0 Å². The van der Waals surface area contributed by atoms with Gasteiger partial charge in [-0.2, -0.15) is 0 Å². The van der Waals surface area contributed by atoms with Gasteiger partial charge < -0.3 is 5.73 Å². The summed E-state index contributed by atoms with van der Waals surface area (Å²) in [5, 5.41) is 0. The second kappa shape index (κ2) is 12.3. The summed E-state index contributed by atoms with van der Waals surface area (Å²) < 4.78 is 0. The van der Waals surface area contributed by atoms with Crippen molar-refractivity contribution in [2.24, 2.45) is 5.73 Å². The second-order valence-electron chi connectivity index (χ2n) is 2.56. The maximum Gasteiger partial charge on any atom is 0 e. The topological polar surface area (TPSA) is 26.0 Å². The Morgan fingerprint density at radius 1 is 0.900 bits per heavy atom. The van der Waals surface area contributed by atoms with E-state index in [4.69, 9.17) is 5.73 Å². The Balaban J connectivity index is 0. The molecule has 0 unspecified atom stereocenters. The van der Waals surface area contributed by atoms with E-state index in [-0.39, 0.29) is 19.5 Å². The minimum Gasteiger partial charge on any atom is -0.330 e. The van der Waals surface area contributed by atoms with E-state index in [1.165, 1.54) is 38.5 Å². The van der Waals surface area contributed by atoms with Gasteiger partial charge >= 0.3 is 0 Å². The van der Waals surface area contributed by atoms with Gasteiger partial charge in [-0.05, 0) is 13.0 Å². The molecule has 0 saturated heterocycles. The molecule has 0 aromatic rings. The molecule has 0 aromatic carbocycles. The van der Waals surface area contributed by atoms with Crippen LogP contribution in [0.25, 0.3) is 0 Å². The van der Waals surface area contributed by atoms with Gasteiger partial charge in [-0.1, -0.05) is 39.0 Å². The maximum atomic E-state index is 5.34. The molecule has 10 heavy (non-hydrogen) atoms. The molecule has 0 rings (SSSR count). The minimum absolute atomic E-state index is 0. The first-order valence-corrected chi connectivity index (χ1v) is 4.12. The van der Waals surface area contributed by atoms with Crippen molar-refractivity contribution in [2.75, 3.05) is 6.54 Å². The predicted octanol–water partition coefficient (Wildman–Crippen LogP) is 2.30. The van der Waals surface area contributed by atoms with Crippen LogP contribution in [-0.2, 0) is 19.5 Å². The van der Waals surface area contributed by atoms with Gasteiger partial charge in [-0.15, -0.1) is 0 Å². The number of unbranched alkanes of at least 4 members (excludes halogenated alkanes) is 5. The fourth-order valence-corrected chi connectivity index (χ4v) is 0.925. The number of hydrogen-bond acceptors (Lipinski definition) is 1. The minimum atomic E-state index is 0. The van der Waals surface area contributed by atoms with E-state index in [0.717, 1.165) is 6.54 Å². The van der Waals surface area contributed by atoms with Crippen LogP contribution in [0.15, 0.2) is 0 Å². The summed E-state index contributed by atoms with van der Waals surface area (Å²) in [4.78, 5) is 0. The summed E-state index contributed by atoms with van der Waals surface area (Å²) in [7, 11) is 0. The molecule has 0 aliphatic heterocycles. The van der Waals surface area contributed by atoms with Gasteiger partial charge in [0.2, 0.25) is 0 Å². The van der Waals surface area contributed by atoms with Crippen LogP contribution in [-0.4, -0.2) is 6.54 Å². The van der Waals surface area contributed by atoms with Crippen molar-refractivity contribution >= 4 is 0 Å². The van der Waals surface area contributed by atoms with E-state index >= 15 is 0 Å². The smallest absolute Gasteiger partial charge is 0 e. The van der Waals surface area contributed by atoms with E-state index in [1.54, 1.807) is 0 Å². The fraction of sp³-hybridized carbons (Fsp3) is 1.00. The number of hydrogen-bond donors (Lipinski definition) is 1. The van der Waals surface area contributed by atoms with Gasteiger partial charge in [0.05, 0.1) is 0 Å². The van der Waals surface area contributed by atoms with Crippen LogP contribution >= 0.6 is 0 Å². The van der Waals surface area contributed by atoms with E-state index in [2.05, 4.69) is 6.92 Å². The first kappa shape index (κ1) is 13.2. The molecule has 0 heterocycles. The predicted molar refractivity (Wildman–Crippen MR) is 42.4 cm³/mol. The molecule has 0 radical (unpaired) electrons. The molecule has 0 amide bonds. The first-order chi connectivity index (χ1) is 4.41. The van der Waals surface area contributed by atoms with Crippen LogP contribution in [0, 0.1) is 0 Å². The molecule has 2 N–H and O–H groups in total. The Kier molecular flexibility index (Phi) is 16.2. The molecule has 0 saturated carbocycles. The molecule has 0 spiro atoms. The van der Waals surface area contributed by atoms with Gasteiger partial charge in [0.1, 0.15) is 0 Å². The standard InChI is InChI=1S/C8H19N.Zn/c1-2-3-4-5-6-7-8-9;/h2-9H2,1H3;.